The molecule has 0 amide bonds. The SMILES string of the molecule is CCCC(Cl)C(=O)OC(=O)C(Cl)CCC. The highest BCUT2D eigenvalue weighted by atomic mass is 35.5. The van der Waals surface area contributed by atoms with Gasteiger partial charge >= 0.3 is 11.9 Å². The van der Waals surface area contributed by atoms with Crippen molar-refractivity contribution >= 4 is 35.1 Å². The number of carbonyl (C=O) groups is 2. The van der Waals surface area contributed by atoms with Crippen LogP contribution in [0.25, 0.3) is 0 Å². The number of halogens is 2. The predicted molar refractivity (Wildman–Crippen MR) is 60.2 cm³/mol. The summed E-state index contributed by atoms with van der Waals surface area (Å²) in [4.78, 5) is 22.4. The highest BCUT2D eigenvalue weighted by Gasteiger charge is 2.23. The van der Waals surface area contributed by atoms with E-state index >= 15 is 0 Å². The van der Waals surface area contributed by atoms with Crippen LogP contribution >= 0.6 is 23.2 Å². The molecule has 0 N–H and O–H groups in total. The Hall–Kier alpha value is -0.280. The molecule has 0 radical (unpaired) electrons. The number of hydrogen-bond donors (Lipinski definition) is 0. The molecule has 2 atom stereocenters. The van der Waals surface area contributed by atoms with Crippen molar-refractivity contribution in [1.82, 2.24) is 0 Å². The zero-order chi connectivity index (χ0) is 11.8. The number of hydrogen-bond acceptors (Lipinski definition) is 3. The number of esters is 2. The van der Waals surface area contributed by atoms with Crippen LogP contribution in [0.4, 0.5) is 0 Å². The Labute approximate surface area is 100 Å². The van der Waals surface area contributed by atoms with Gasteiger partial charge in [0.05, 0.1) is 0 Å². The Morgan fingerprint density at radius 1 is 1.00 bits per heavy atom. The molecule has 0 aromatic heterocycles. The third kappa shape index (κ3) is 6.00. The molecule has 0 aromatic carbocycles. The molecule has 0 aliphatic heterocycles. The minimum atomic E-state index is -0.760. The molecule has 0 fully saturated rings. The van der Waals surface area contributed by atoms with Crippen molar-refractivity contribution in [2.24, 2.45) is 0 Å². The van der Waals surface area contributed by atoms with Crippen LogP contribution in [-0.2, 0) is 14.3 Å². The van der Waals surface area contributed by atoms with Crippen LogP contribution in [0.2, 0.25) is 0 Å². The molecule has 0 rings (SSSR count). The zero-order valence-corrected chi connectivity index (χ0v) is 10.5. The number of carbonyl (C=O) groups excluding carboxylic acids is 2. The second-order valence-electron chi connectivity index (χ2n) is 3.25. The molecule has 0 spiro atoms. The first-order chi connectivity index (χ1) is 7.02. The maximum Gasteiger partial charge on any atom is 0.331 e. The van der Waals surface area contributed by atoms with E-state index in [0.29, 0.717) is 12.8 Å². The maximum absolute atomic E-state index is 11.2. The molecule has 88 valence electrons. The van der Waals surface area contributed by atoms with Crippen LogP contribution < -0.4 is 0 Å². The maximum atomic E-state index is 11.2. The largest absolute Gasteiger partial charge is 0.391 e. The van der Waals surface area contributed by atoms with Gasteiger partial charge in [0.1, 0.15) is 10.8 Å². The second kappa shape index (κ2) is 7.94. The normalized spacial score (nSPS) is 14.4. The van der Waals surface area contributed by atoms with Crippen molar-refractivity contribution in [3.8, 4) is 0 Å². The molecule has 0 aromatic rings. The second-order valence-corrected chi connectivity index (χ2v) is 4.31. The highest BCUT2D eigenvalue weighted by molar-refractivity contribution is 6.33. The molecule has 3 nitrogen and oxygen atoms in total. The fourth-order valence-electron chi connectivity index (χ4n) is 0.970. The van der Waals surface area contributed by atoms with Crippen molar-refractivity contribution in [2.75, 3.05) is 0 Å². The Morgan fingerprint density at radius 2 is 1.33 bits per heavy atom. The van der Waals surface area contributed by atoms with Gasteiger partial charge in [-0.25, -0.2) is 9.59 Å². The monoisotopic (exact) mass is 254 g/mol. The van der Waals surface area contributed by atoms with Crippen molar-refractivity contribution < 1.29 is 14.3 Å². The van der Waals surface area contributed by atoms with E-state index in [2.05, 4.69) is 4.74 Å². The Kier molecular flexibility index (Phi) is 7.79. The van der Waals surface area contributed by atoms with E-state index in [0.717, 1.165) is 12.8 Å². The quantitative estimate of drug-likeness (QED) is 0.416. The number of rotatable bonds is 6. The van der Waals surface area contributed by atoms with Crippen LogP contribution in [0.3, 0.4) is 0 Å². The summed E-state index contributed by atoms with van der Waals surface area (Å²) in [5.41, 5.74) is 0. The average Bonchev–Trinajstić information content (AvgIpc) is 2.18. The first-order valence-electron chi connectivity index (χ1n) is 5.06. The van der Waals surface area contributed by atoms with Crippen molar-refractivity contribution in [3.63, 3.8) is 0 Å². The topological polar surface area (TPSA) is 43.4 Å². The molecule has 15 heavy (non-hydrogen) atoms. The van der Waals surface area contributed by atoms with Gasteiger partial charge in [-0.3, -0.25) is 0 Å². The minimum absolute atomic E-state index is 0.494. The molecule has 0 bridgehead atoms. The molecule has 2 unspecified atom stereocenters. The molecule has 0 heterocycles. The van der Waals surface area contributed by atoms with E-state index < -0.39 is 22.7 Å². The van der Waals surface area contributed by atoms with Gasteiger partial charge in [0.2, 0.25) is 0 Å². The summed E-state index contributed by atoms with van der Waals surface area (Å²) in [6.45, 7) is 3.79. The Balaban J connectivity index is 4.00. The van der Waals surface area contributed by atoms with Gasteiger partial charge in [0.25, 0.3) is 0 Å². The molecule has 0 saturated carbocycles. The third-order valence-corrected chi connectivity index (χ3v) is 2.59. The summed E-state index contributed by atoms with van der Waals surface area (Å²) < 4.78 is 4.54. The minimum Gasteiger partial charge on any atom is -0.391 e. The van der Waals surface area contributed by atoms with Crippen LogP contribution in [-0.4, -0.2) is 22.7 Å². The van der Waals surface area contributed by atoms with Crippen LogP contribution in [0.15, 0.2) is 0 Å². The Bertz CT molecular complexity index is 197. The number of ether oxygens (including phenoxy) is 1. The van der Waals surface area contributed by atoms with Crippen LogP contribution in [0.5, 0.6) is 0 Å². The summed E-state index contributed by atoms with van der Waals surface area (Å²) in [6.07, 6.45) is 2.51. The molecular formula is C10H16Cl2O3. The van der Waals surface area contributed by atoms with Crippen LogP contribution in [0, 0.1) is 0 Å². The van der Waals surface area contributed by atoms with Gasteiger partial charge in [-0.1, -0.05) is 26.7 Å². The van der Waals surface area contributed by atoms with Crippen LogP contribution in [0.1, 0.15) is 39.5 Å². The summed E-state index contributed by atoms with van der Waals surface area (Å²) in [5, 5.41) is -1.52. The summed E-state index contributed by atoms with van der Waals surface area (Å²) in [7, 11) is 0. The lowest BCUT2D eigenvalue weighted by Crippen LogP contribution is -2.26. The van der Waals surface area contributed by atoms with Crippen molar-refractivity contribution in [2.45, 2.75) is 50.3 Å². The molecule has 0 aliphatic rings. The lowest BCUT2D eigenvalue weighted by atomic mass is 10.2. The predicted octanol–water partition coefficient (Wildman–Crippen LogP) is 2.87. The fraction of sp³-hybridized carbons (Fsp3) is 0.800. The van der Waals surface area contributed by atoms with Gasteiger partial charge in [0.15, 0.2) is 0 Å². The fourth-order valence-corrected chi connectivity index (χ4v) is 1.50. The summed E-state index contributed by atoms with van der Waals surface area (Å²) in [5.74, 6) is -1.41. The first-order valence-corrected chi connectivity index (χ1v) is 5.93. The smallest absolute Gasteiger partial charge is 0.331 e. The van der Waals surface area contributed by atoms with Gasteiger partial charge in [-0.15, -0.1) is 23.2 Å². The third-order valence-electron chi connectivity index (χ3n) is 1.80. The van der Waals surface area contributed by atoms with E-state index in [-0.39, 0.29) is 0 Å². The van der Waals surface area contributed by atoms with Gasteiger partial charge in [0, 0.05) is 0 Å². The van der Waals surface area contributed by atoms with Gasteiger partial charge < -0.3 is 4.74 Å². The van der Waals surface area contributed by atoms with E-state index in [1.54, 1.807) is 0 Å². The zero-order valence-electron chi connectivity index (χ0n) is 8.96. The van der Waals surface area contributed by atoms with E-state index in [1.807, 2.05) is 13.8 Å². The summed E-state index contributed by atoms with van der Waals surface area (Å²) in [6, 6.07) is 0. The van der Waals surface area contributed by atoms with Gasteiger partial charge in [-0.05, 0) is 12.8 Å². The lowest BCUT2D eigenvalue weighted by molar-refractivity contribution is -0.159. The number of alkyl halides is 2. The molecule has 0 saturated heterocycles. The van der Waals surface area contributed by atoms with Crippen molar-refractivity contribution in [1.29, 1.82) is 0 Å². The molecule has 0 aliphatic carbocycles. The lowest BCUT2D eigenvalue weighted by Gasteiger charge is -2.09. The molecular weight excluding hydrogens is 239 g/mol. The summed E-state index contributed by atoms with van der Waals surface area (Å²) >= 11 is 11.4. The first kappa shape index (κ1) is 14.7. The Morgan fingerprint density at radius 3 is 1.60 bits per heavy atom. The van der Waals surface area contributed by atoms with E-state index in [9.17, 15) is 9.59 Å². The van der Waals surface area contributed by atoms with Crippen molar-refractivity contribution in [3.05, 3.63) is 0 Å². The van der Waals surface area contributed by atoms with E-state index in [1.165, 1.54) is 0 Å². The highest BCUT2D eigenvalue weighted by Crippen LogP contribution is 2.11. The standard InChI is InChI=1S/C10H16Cl2O3/c1-3-5-7(11)9(13)15-10(14)8(12)6-4-2/h7-8H,3-6H2,1-2H3. The van der Waals surface area contributed by atoms with Gasteiger partial charge in [-0.2, -0.15) is 0 Å². The molecule has 5 heteroatoms. The average molecular weight is 255 g/mol. The van der Waals surface area contributed by atoms with E-state index in [4.69, 9.17) is 23.2 Å².